The maximum absolute atomic E-state index is 12.1. The molecule has 1 rings (SSSR count). The summed E-state index contributed by atoms with van der Waals surface area (Å²) in [5.41, 5.74) is -0.0237. The summed E-state index contributed by atoms with van der Waals surface area (Å²) in [4.78, 5) is 21.7. The lowest BCUT2D eigenvalue weighted by atomic mass is 10.1. The maximum atomic E-state index is 12.1. The highest BCUT2D eigenvalue weighted by Crippen LogP contribution is 2.22. The standard InChI is InChI=1S/C11H10F3NO4/c1-19-7-4-2-3-6(5-7)8(9(16)17)15-10(18)11(12,13)14/h2-5,8H,1H3,(H,15,18)(H,16,17)/t8-/m1/s1. The van der Waals surface area contributed by atoms with Crippen LogP contribution in [0.25, 0.3) is 0 Å². The van der Waals surface area contributed by atoms with Crippen LogP contribution in [-0.2, 0) is 9.59 Å². The monoisotopic (exact) mass is 277 g/mol. The molecule has 0 heterocycles. The van der Waals surface area contributed by atoms with Gasteiger partial charge in [-0.05, 0) is 17.7 Å². The van der Waals surface area contributed by atoms with Crippen molar-refractivity contribution in [1.82, 2.24) is 5.32 Å². The van der Waals surface area contributed by atoms with Crippen LogP contribution in [0.4, 0.5) is 13.2 Å². The van der Waals surface area contributed by atoms with Crippen molar-refractivity contribution < 1.29 is 32.6 Å². The summed E-state index contributed by atoms with van der Waals surface area (Å²) in [6, 6.07) is 3.61. The van der Waals surface area contributed by atoms with Gasteiger partial charge in [0.1, 0.15) is 5.75 Å². The molecule has 1 amide bonds. The number of amides is 1. The van der Waals surface area contributed by atoms with E-state index in [1.807, 2.05) is 0 Å². The minimum atomic E-state index is -5.15. The number of hydrogen-bond donors (Lipinski definition) is 2. The molecule has 1 aromatic rings. The van der Waals surface area contributed by atoms with E-state index in [9.17, 15) is 22.8 Å². The van der Waals surface area contributed by atoms with E-state index in [0.29, 0.717) is 0 Å². The lowest BCUT2D eigenvalue weighted by molar-refractivity contribution is -0.175. The van der Waals surface area contributed by atoms with Gasteiger partial charge in [-0.15, -0.1) is 0 Å². The molecule has 0 aliphatic heterocycles. The fourth-order valence-corrected chi connectivity index (χ4v) is 1.32. The van der Waals surface area contributed by atoms with Gasteiger partial charge in [-0.3, -0.25) is 4.79 Å². The van der Waals surface area contributed by atoms with Gasteiger partial charge in [0.25, 0.3) is 0 Å². The van der Waals surface area contributed by atoms with Crippen molar-refractivity contribution in [3.05, 3.63) is 29.8 Å². The van der Waals surface area contributed by atoms with Crippen molar-refractivity contribution in [2.24, 2.45) is 0 Å². The first-order valence-electron chi connectivity index (χ1n) is 5.00. The molecule has 0 saturated heterocycles. The van der Waals surface area contributed by atoms with Crippen molar-refractivity contribution in [1.29, 1.82) is 0 Å². The lowest BCUT2D eigenvalue weighted by Gasteiger charge is -2.16. The fourth-order valence-electron chi connectivity index (χ4n) is 1.32. The highest BCUT2D eigenvalue weighted by Gasteiger charge is 2.41. The molecule has 0 aromatic heterocycles. The van der Waals surface area contributed by atoms with Crippen LogP contribution in [0.3, 0.4) is 0 Å². The van der Waals surface area contributed by atoms with Gasteiger partial charge in [0.2, 0.25) is 0 Å². The molecule has 0 fully saturated rings. The molecule has 0 bridgehead atoms. The molecular formula is C11H10F3NO4. The normalized spacial score (nSPS) is 12.6. The Bertz CT molecular complexity index is 487. The predicted octanol–water partition coefficient (Wildman–Crippen LogP) is 1.50. The Balaban J connectivity index is 3.01. The molecule has 8 heteroatoms. The van der Waals surface area contributed by atoms with E-state index in [2.05, 4.69) is 0 Å². The summed E-state index contributed by atoms with van der Waals surface area (Å²) >= 11 is 0. The molecule has 0 aliphatic carbocycles. The zero-order valence-electron chi connectivity index (χ0n) is 9.69. The first-order chi connectivity index (χ1) is 8.75. The van der Waals surface area contributed by atoms with Crippen LogP contribution < -0.4 is 10.1 Å². The topological polar surface area (TPSA) is 75.6 Å². The number of carbonyl (C=O) groups excluding carboxylic acids is 1. The van der Waals surface area contributed by atoms with Gasteiger partial charge in [0.15, 0.2) is 6.04 Å². The molecule has 0 spiro atoms. The number of carboxylic acids is 1. The van der Waals surface area contributed by atoms with Crippen molar-refractivity contribution in [2.45, 2.75) is 12.2 Å². The quantitative estimate of drug-likeness (QED) is 0.874. The minimum absolute atomic E-state index is 0.0237. The summed E-state index contributed by atoms with van der Waals surface area (Å²) in [6.07, 6.45) is -5.15. The lowest BCUT2D eigenvalue weighted by Crippen LogP contribution is -2.41. The smallest absolute Gasteiger partial charge is 0.471 e. The van der Waals surface area contributed by atoms with E-state index < -0.39 is 24.1 Å². The Morgan fingerprint density at radius 1 is 1.37 bits per heavy atom. The first-order valence-corrected chi connectivity index (χ1v) is 5.00. The molecular weight excluding hydrogens is 267 g/mol. The number of ether oxygens (including phenoxy) is 1. The van der Waals surface area contributed by atoms with Gasteiger partial charge in [0, 0.05) is 0 Å². The number of carboxylic acid groups (broad SMARTS) is 1. The molecule has 104 valence electrons. The van der Waals surface area contributed by atoms with Crippen LogP contribution in [0.2, 0.25) is 0 Å². The minimum Gasteiger partial charge on any atom is -0.497 e. The van der Waals surface area contributed by atoms with Crippen LogP contribution in [0, 0.1) is 0 Å². The molecule has 0 aliphatic rings. The Morgan fingerprint density at radius 2 is 2.00 bits per heavy atom. The summed E-state index contributed by atoms with van der Waals surface area (Å²) in [5, 5.41) is 10.3. The molecule has 5 nitrogen and oxygen atoms in total. The summed E-state index contributed by atoms with van der Waals surface area (Å²) in [5.74, 6) is -3.65. The van der Waals surface area contributed by atoms with Gasteiger partial charge < -0.3 is 15.2 Å². The number of alkyl halides is 3. The first kappa shape index (κ1) is 14.8. The third kappa shape index (κ3) is 3.87. The third-order valence-electron chi connectivity index (χ3n) is 2.21. The Labute approximate surface area is 106 Å². The van der Waals surface area contributed by atoms with E-state index in [0.717, 1.165) is 0 Å². The second kappa shape index (κ2) is 5.59. The van der Waals surface area contributed by atoms with Crippen molar-refractivity contribution in [3.8, 4) is 5.75 Å². The zero-order valence-corrected chi connectivity index (χ0v) is 9.69. The van der Waals surface area contributed by atoms with Crippen LogP contribution in [-0.4, -0.2) is 30.3 Å². The number of aliphatic carboxylic acids is 1. The Kier molecular flexibility index (Phi) is 4.36. The number of halogens is 3. The molecule has 0 radical (unpaired) electrons. The van der Waals surface area contributed by atoms with Crippen molar-refractivity contribution in [2.75, 3.05) is 7.11 Å². The van der Waals surface area contributed by atoms with E-state index in [1.165, 1.54) is 36.7 Å². The Hall–Kier alpha value is -2.25. The van der Waals surface area contributed by atoms with Gasteiger partial charge in [0.05, 0.1) is 7.11 Å². The van der Waals surface area contributed by atoms with E-state index in [1.54, 1.807) is 0 Å². The predicted molar refractivity (Wildman–Crippen MR) is 57.6 cm³/mol. The molecule has 1 atom stereocenters. The summed E-state index contributed by atoms with van der Waals surface area (Å²) in [6.45, 7) is 0. The molecule has 1 aromatic carbocycles. The largest absolute Gasteiger partial charge is 0.497 e. The second-order valence-electron chi connectivity index (χ2n) is 3.52. The average molecular weight is 277 g/mol. The fraction of sp³-hybridized carbons (Fsp3) is 0.273. The van der Waals surface area contributed by atoms with Gasteiger partial charge >= 0.3 is 18.1 Å². The van der Waals surface area contributed by atoms with E-state index in [4.69, 9.17) is 9.84 Å². The summed E-state index contributed by atoms with van der Waals surface area (Å²) < 4.78 is 41.1. The van der Waals surface area contributed by atoms with Crippen molar-refractivity contribution in [3.63, 3.8) is 0 Å². The number of rotatable bonds is 4. The highest BCUT2D eigenvalue weighted by atomic mass is 19.4. The van der Waals surface area contributed by atoms with Gasteiger partial charge in [-0.25, -0.2) is 4.79 Å². The van der Waals surface area contributed by atoms with Crippen LogP contribution in [0.15, 0.2) is 24.3 Å². The highest BCUT2D eigenvalue weighted by molar-refractivity contribution is 5.87. The third-order valence-corrected chi connectivity index (χ3v) is 2.21. The SMILES string of the molecule is COc1cccc([C@@H](NC(=O)C(F)(F)F)C(=O)O)c1. The number of carbonyl (C=O) groups is 2. The van der Waals surface area contributed by atoms with Crippen LogP contribution >= 0.6 is 0 Å². The van der Waals surface area contributed by atoms with Crippen LogP contribution in [0.1, 0.15) is 11.6 Å². The zero-order chi connectivity index (χ0) is 14.6. The van der Waals surface area contributed by atoms with E-state index >= 15 is 0 Å². The molecule has 0 unspecified atom stereocenters. The summed E-state index contributed by atoms with van der Waals surface area (Å²) in [7, 11) is 1.32. The Morgan fingerprint density at radius 3 is 2.47 bits per heavy atom. The average Bonchev–Trinajstić information content (AvgIpc) is 2.34. The second-order valence-corrected chi connectivity index (χ2v) is 3.52. The molecule has 2 N–H and O–H groups in total. The van der Waals surface area contributed by atoms with Gasteiger partial charge in [-0.2, -0.15) is 13.2 Å². The molecule has 19 heavy (non-hydrogen) atoms. The number of benzene rings is 1. The number of methoxy groups -OCH3 is 1. The van der Waals surface area contributed by atoms with Gasteiger partial charge in [-0.1, -0.05) is 12.1 Å². The van der Waals surface area contributed by atoms with Crippen LogP contribution in [0.5, 0.6) is 5.75 Å². The number of nitrogens with one attached hydrogen (secondary N) is 1. The molecule has 0 saturated carbocycles. The van der Waals surface area contributed by atoms with E-state index in [-0.39, 0.29) is 11.3 Å². The van der Waals surface area contributed by atoms with Crippen molar-refractivity contribution >= 4 is 11.9 Å². The number of hydrogen-bond acceptors (Lipinski definition) is 3. The maximum Gasteiger partial charge on any atom is 0.471 e.